The summed E-state index contributed by atoms with van der Waals surface area (Å²) in [6, 6.07) is 5.27. The van der Waals surface area contributed by atoms with E-state index in [2.05, 4.69) is 4.98 Å². The van der Waals surface area contributed by atoms with Gasteiger partial charge in [-0.25, -0.2) is 4.98 Å². The van der Waals surface area contributed by atoms with Crippen molar-refractivity contribution in [2.24, 2.45) is 0 Å². The van der Waals surface area contributed by atoms with E-state index in [9.17, 15) is 4.79 Å². The molecule has 0 aliphatic carbocycles. The zero-order valence-electron chi connectivity index (χ0n) is 8.85. The predicted octanol–water partition coefficient (Wildman–Crippen LogP) is 2.05. The van der Waals surface area contributed by atoms with Crippen LogP contribution >= 0.6 is 11.8 Å². The first-order chi connectivity index (χ1) is 6.95. The lowest BCUT2D eigenvalue weighted by Crippen LogP contribution is -2.27. The zero-order valence-corrected chi connectivity index (χ0v) is 9.67. The van der Waals surface area contributed by atoms with Gasteiger partial charge in [-0.1, -0.05) is 17.8 Å². The fourth-order valence-corrected chi connectivity index (χ4v) is 1.76. The maximum absolute atomic E-state index is 10.9. The Bertz CT molecular complexity index is 365. The van der Waals surface area contributed by atoms with Crippen molar-refractivity contribution < 1.29 is 14.6 Å². The molecule has 0 saturated carbocycles. The average Bonchev–Trinajstić information content (AvgIpc) is 2.17. The van der Waals surface area contributed by atoms with Crippen LogP contribution in [0.1, 0.15) is 13.8 Å². The molecule has 1 aromatic rings. The molecule has 4 nitrogen and oxygen atoms in total. The summed E-state index contributed by atoms with van der Waals surface area (Å²) < 4.78 is 4.07. The van der Waals surface area contributed by atoms with Crippen LogP contribution in [0.3, 0.4) is 0 Å². The second kappa shape index (κ2) is 4.53. The molecule has 1 aromatic heterocycles. The summed E-state index contributed by atoms with van der Waals surface area (Å²) in [5.74, 6) is -0.377. The van der Waals surface area contributed by atoms with Crippen molar-refractivity contribution in [3.63, 3.8) is 0 Å². The quantitative estimate of drug-likeness (QED) is 0.798. The van der Waals surface area contributed by atoms with Gasteiger partial charge in [0.25, 0.3) is 0 Å². The normalized spacial score (nSPS) is 11.1. The Labute approximate surface area is 92.7 Å². The molecule has 1 heterocycles. The van der Waals surface area contributed by atoms with Gasteiger partial charge >= 0.3 is 5.97 Å². The molecule has 0 fully saturated rings. The highest BCUT2D eigenvalue weighted by Crippen LogP contribution is 2.31. The molecular weight excluding hydrogens is 214 g/mol. The fourth-order valence-electron chi connectivity index (χ4n) is 0.871. The average molecular weight is 227 g/mol. The van der Waals surface area contributed by atoms with Gasteiger partial charge in [-0.15, -0.1) is 0 Å². The Morgan fingerprint density at radius 2 is 2.20 bits per heavy atom. The number of nitrogens with zero attached hydrogens (tertiary/aromatic N) is 1. The maximum atomic E-state index is 10.9. The van der Waals surface area contributed by atoms with Gasteiger partial charge in [0.1, 0.15) is 9.77 Å². The van der Waals surface area contributed by atoms with Crippen LogP contribution in [0.15, 0.2) is 23.2 Å². The van der Waals surface area contributed by atoms with Crippen molar-refractivity contribution in [2.45, 2.75) is 23.6 Å². The molecule has 0 saturated heterocycles. The third-order valence-corrected chi connectivity index (χ3v) is 2.90. The molecule has 82 valence electrons. The maximum Gasteiger partial charge on any atom is 0.319 e. The number of methoxy groups -OCH3 is 1. The topological polar surface area (TPSA) is 59.4 Å². The van der Waals surface area contributed by atoms with E-state index in [0.717, 1.165) is 0 Å². The molecule has 0 aromatic carbocycles. The van der Waals surface area contributed by atoms with E-state index >= 15 is 0 Å². The molecule has 0 spiro atoms. The molecule has 1 rings (SSSR count). The first-order valence-electron chi connectivity index (χ1n) is 4.39. The monoisotopic (exact) mass is 227 g/mol. The largest absolute Gasteiger partial charge is 0.481 e. The number of carboxylic acids is 1. The number of ether oxygens (including phenoxy) is 1. The number of rotatable bonds is 4. The van der Waals surface area contributed by atoms with Crippen LogP contribution < -0.4 is 4.74 Å². The van der Waals surface area contributed by atoms with Crippen molar-refractivity contribution in [1.29, 1.82) is 0 Å². The van der Waals surface area contributed by atoms with Crippen LogP contribution in [-0.2, 0) is 4.79 Å². The number of hydrogen-bond acceptors (Lipinski definition) is 4. The smallest absolute Gasteiger partial charge is 0.319 e. The van der Waals surface area contributed by atoms with E-state index in [-0.39, 0.29) is 0 Å². The summed E-state index contributed by atoms with van der Waals surface area (Å²) in [5, 5.41) is 9.59. The Morgan fingerprint density at radius 1 is 1.53 bits per heavy atom. The van der Waals surface area contributed by atoms with Crippen molar-refractivity contribution in [1.82, 2.24) is 4.98 Å². The van der Waals surface area contributed by atoms with Gasteiger partial charge in [0.15, 0.2) is 0 Å². The molecule has 0 atom stereocenters. The summed E-state index contributed by atoms with van der Waals surface area (Å²) in [6.07, 6.45) is 0. The minimum absolute atomic E-state index is 0.487. The third kappa shape index (κ3) is 3.13. The number of pyridine rings is 1. The first kappa shape index (κ1) is 11.8. The molecule has 0 aliphatic rings. The fraction of sp³-hybridized carbons (Fsp3) is 0.400. The second-order valence-electron chi connectivity index (χ2n) is 3.44. The van der Waals surface area contributed by atoms with Crippen LogP contribution in [0.5, 0.6) is 5.88 Å². The summed E-state index contributed by atoms with van der Waals surface area (Å²) in [7, 11) is 1.53. The molecule has 0 radical (unpaired) electrons. The van der Waals surface area contributed by atoms with E-state index in [4.69, 9.17) is 9.84 Å². The number of hydrogen-bond donors (Lipinski definition) is 1. The standard InChI is InChI=1S/C10H13NO3S/c1-10(2,9(12)13)15-8-6-4-5-7(11-8)14-3/h4-6H,1-3H3,(H,12,13). The van der Waals surface area contributed by atoms with Gasteiger partial charge < -0.3 is 9.84 Å². The van der Waals surface area contributed by atoms with Crippen molar-refractivity contribution in [2.75, 3.05) is 7.11 Å². The second-order valence-corrected chi connectivity index (χ2v) is 5.08. The molecule has 0 aliphatic heterocycles. The van der Waals surface area contributed by atoms with Gasteiger partial charge in [0.2, 0.25) is 5.88 Å². The Kier molecular flexibility index (Phi) is 3.57. The number of thioether (sulfide) groups is 1. The molecule has 5 heteroatoms. The number of aliphatic carboxylic acids is 1. The zero-order chi connectivity index (χ0) is 11.5. The molecule has 0 amide bonds. The van der Waals surface area contributed by atoms with Crippen LogP contribution in [0, 0.1) is 0 Å². The third-order valence-electron chi connectivity index (χ3n) is 1.78. The SMILES string of the molecule is COc1cccc(SC(C)(C)C(=O)O)n1. The minimum Gasteiger partial charge on any atom is -0.481 e. The summed E-state index contributed by atoms with van der Waals surface area (Å²) in [5.41, 5.74) is 0. The van der Waals surface area contributed by atoms with Crippen LogP contribution in [0.2, 0.25) is 0 Å². The van der Waals surface area contributed by atoms with Crippen LogP contribution in [0.4, 0.5) is 0 Å². The molecule has 0 bridgehead atoms. The Hall–Kier alpha value is -1.23. The van der Waals surface area contributed by atoms with Gasteiger partial charge in [-0.2, -0.15) is 0 Å². The lowest BCUT2D eigenvalue weighted by molar-refractivity contribution is -0.138. The number of carboxylic acid groups (broad SMARTS) is 1. The lowest BCUT2D eigenvalue weighted by atomic mass is 10.2. The Morgan fingerprint density at radius 3 is 2.73 bits per heavy atom. The summed E-state index contributed by atoms with van der Waals surface area (Å²) in [4.78, 5) is 15.0. The molecular formula is C10H13NO3S. The van der Waals surface area contributed by atoms with Gasteiger partial charge in [0, 0.05) is 6.07 Å². The minimum atomic E-state index is -0.890. The number of aromatic nitrogens is 1. The van der Waals surface area contributed by atoms with Crippen molar-refractivity contribution >= 4 is 17.7 Å². The summed E-state index contributed by atoms with van der Waals surface area (Å²) in [6.45, 7) is 3.28. The van der Waals surface area contributed by atoms with Crippen LogP contribution in [0.25, 0.3) is 0 Å². The van der Waals surface area contributed by atoms with E-state index in [1.54, 1.807) is 32.0 Å². The molecule has 15 heavy (non-hydrogen) atoms. The van der Waals surface area contributed by atoms with Crippen molar-refractivity contribution in [3.8, 4) is 5.88 Å². The van der Waals surface area contributed by atoms with Crippen LogP contribution in [-0.4, -0.2) is 27.9 Å². The van der Waals surface area contributed by atoms with Gasteiger partial charge in [-0.05, 0) is 19.9 Å². The van der Waals surface area contributed by atoms with E-state index in [1.165, 1.54) is 18.9 Å². The molecule has 0 unspecified atom stereocenters. The number of carbonyl (C=O) groups is 1. The molecule has 1 N–H and O–H groups in total. The lowest BCUT2D eigenvalue weighted by Gasteiger charge is -2.17. The predicted molar refractivity (Wildman–Crippen MR) is 58.4 cm³/mol. The highest BCUT2D eigenvalue weighted by atomic mass is 32.2. The van der Waals surface area contributed by atoms with E-state index in [1.807, 2.05) is 0 Å². The van der Waals surface area contributed by atoms with Crippen molar-refractivity contribution in [3.05, 3.63) is 18.2 Å². The summed E-state index contributed by atoms with van der Waals surface area (Å²) >= 11 is 1.19. The first-order valence-corrected chi connectivity index (χ1v) is 5.21. The van der Waals surface area contributed by atoms with Gasteiger partial charge in [0.05, 0.1) is 7.11 Å². The highest BCUT2D eigenvalue weighted by molar-refractivity contribution is 8.01. The van der Waals surface area contributed by atoms with E-state index < -0.39 is 10.7 Å². The van der Waals surface area contributed by atoms with Gasteiger partial charge in [-0.3, -0.25) is 4.79 Å². The Balaban J connectivity index is 2.85. The highest BCUT2D eigenvalue weighted by Gasteiger charge is 2.29. The van der Waals surface area contributed by atoms with E-state index in [0.29, 0.717) is 10.9 Å².